The van der Waals surface area contributed by atoms with Crippen molar-refractivity contribution in [1.29, 1.82) is 0 Å². The van der Waals surface area contributed by atoms with E-state index in [9.17, 15) is 9.59 Å². The molecule has 1 unspecified atom stereocenters. The summed E-state index contributed by atoms with van der Waals surface area (Å²) in [5.41, 5.74) is 3.38. The van der Waals surface area contributed by atoms with E-state index in [4.69, 9.17) is 9.84 Å². The van der Waals surface area contributed by atoms with Crippen LogP contribution in [0.1, 0.15) is 34.0 Å². The number of benzene rings is 2. The molecule has 0 saturated heterocycles. The third kappa shape index (κ3) is 4.13. The van der Waals surface area contributed by atoms with Crippen LogP contribution in [0.25, 0.3) is 0 Å². The van der Waals surface area contributed by atoms with Crippen LogP contribution in [-0.2, 0) is 4.79 Å². The monoisotopic (exact) mass is 327 g/mol. The first kappa shape index (κ1) is 17.5. The summed E-state index contributed by atoms with van der Waals surface area (Å²) in [5.74, 6) is -0.708. The lowest BCUT2D eigenvalue weighted by Crippen LogP contribution is -2.30. The summed E-state index contributed by atoms with van der Waals surface area (Å²) >= 11 is 0. The summed E-state index contributed by atoms with van der Waals surface area (Å²) in [6, 6.07) is 10.4. The molecule has 0 spiro atoms. The molecule has 0 radical (unpaired) electrons. The van der Waals surface area contributed by atoms with Crippen LogP contribution >= 0.6 is 0 Å². The maximum Gasteiger partial charge on any atom is 0.335 e. The topological polar surface area (TPSA) is 75.6 Å². The van der Waals surface area contributed by atoms with Crippen molar-refractivity contribution in [2.45, 2.75) is 33.8 Å². The quantitative estimate of drug-likeness (QED) is 0.877. The van der Waals surface area contributed by atoms with Gasteiger partial charge in [-0.2, -0.15) is 0 Å². The van der Waals surface area contributed by atoms with Crippen molar-refractivity contribution in [2.24, 2.45) is 0 Å². The number of ether oxygens (including phenoxy) is 1. The van der Waals surface area contributed by atoms with Gasteiger partial charge in [-0.3, -0.25) is 4.79 Å². The average molecular weight is 327 g/mol. The molecule has 0 aromatic heterocycles. The van der Waals surface area contributed by atoms with Gasteiger partial charge in [-0.1, -0.05) is 18.2 Å². The number of aryl methyl sites for hydroxylation is 3. The lowest BCUT2D eigenvalue weighted by Gasteiger charge is -2.17. The minimum atomic E-state index is -1.04. The van der Waals surface area contributed by atoms with Crippen LogP contribution in [0.15, 0.2) is 36.4 Å². The van der Waals surface area contributed by atoms with Gasteiger partial charge in [-0.25, -0.2) is 4.79 Å². The molecule has 5 nitrogen and oxygen atoms in total. The summed E-state index contributed by atoms with van der Waals surface area (Å²) in [4.78, 5) is 23.4. The van der Waals surface area contributed by atoms with Gasteiger partial charge >= 0.3 is 5.97 Å². The second-order valence-corrected chi connectivity index (χ2v) is 5.85. The fourth-order valence-corrected chi connectivity index (χ4v) is 2.20. The molecule has 2 rings (SSSR count). The SMILES string of the molecule is Cc1ccc(C)c(OC(C)C(=O)Nc2cc(C(=O)O)ccc2C)c1. The number of carboxylic acid groups (broad SMARTS) is 1. The fourth-order valence-electron chi connectivity index (χ4n) is 2.20. The minimum Gasteiger partial charge on any atom is -0.481 e. The number of hydrogen-bond donors (Lipinski definition) is 2. The van der Waals surface area contributed by atoms with E-state index >= 15 is 0 Å². The first-order chi connectivity index (χ1) is 11.3. The number of anilines is 1. The van der Waals surface area contributed by atoms with E-state index in [-0.39, 0.29) is 11.5 Å². The van der Waals surface area contributed by atoms with E-state index in [2.05, 4.69) is 5.32 Å². The minimum absolute atomic E-state index is 0.124. The molecule has 0 aliphatic heterocycles. The van der Waals surface area contributed by atoms with Gasteiger partial charge in [0.1, 0.15) is 5.75 Å². The van der Waals surface area contributed by atoms with Gasteiger partial charge in [0.25, 0.3) is 5.91 Å². The van der Waals surface area contributed by atoms with Crippen LogP contribution in [0.5, 0.6) is 5.75 Å². The van der Waals surface area contributed by atoms with Crippen molar-refractivity contribution >= 4 is 17.6 Å². The van der Waals surface area contributed by atoms with Crippen molar-refractivity contribution in [2.75, 3.05) is 5.32 Å². The van der Waals surface area contributed by atoms with Crippen LogP contribution in [0, 0.1) is 20.8 Å². The van der Waals surface area contributed by atoms with Crippen molar-refractivity contribution < 1.29 is 19.4 Å². The molecule has 0 aliphatic carbocycles. The average Bonchev–Trinajstić information content (AvgIpc) is 2.52. The molecule has 0 bridgehead atoms. The standard InChI is InChI=1S/C19H21NO4/c1-11-5-6-13(3)17(9-11)24-14(4)18(21)20-16-10-15(19(22)23)8-7-12(16)2/h5-10,14H,1-4H3,(H,20,21)(H,22,23). The Bertz CT molecular complexity index is 783. The molecular formula is C19H21NO4. The highest BCUT2D eigenvalue weighted by molar-refractivity contribution is 5.96. The van der Waals surface area contributed by atoms with Crippen molar-refractivity contribution in [3.63, 3.8) is 0 Å². The Morgan fingerprint density at radius 2 is 1.71 bits per heavy atom. The highest BCUT2D eigenvalue weighted by Crippen LogP contribution is 2.22. The van der Waals surface area contributed by atoms with Crippen molar-refractivity contribution in [3.05, 3.63) is 58.7 Å². The molecular weight excluding hydrogens is 306 g/mol. The van der Waals surface area contributed by atoms with Gasteiger partial charge in [0.2, 0.25) is 0 Å². The molecule has 0 aliphatic rings. The van der Waals surface area contributed by atoms with E-state index < -0.39 is 12.1 Å². The van der Waals surface area contributed by atoms with Crippen LogP contribution in [0.4, 0.5) is 5.69 Å². The van der Waals surface area contributed by atoms with Crippen LogP contribution < -0.4 is 10.1 Å². The first-order valence-corrected chi connectivity index (χ1v) is 7.66. The molecule has 1 atom stereocenters. The Morgan fingerprint density at radius 1 is 1.04 bits per heavy atom. The maximum atomic E-state index is 12.4. The van der Waals surface area contributed by atoms with E-state index in [0.717, 1.165) is 16.7 Å². The van der Waals surface area contributed by atoms with Gasteiger partial charge in [0.05, 0.1) is 5.56 Å². The highest BCUT2D eigenvalue weighted by atomic mass is 16.5. The van der Waals surface area contributed by atoms with Gasteiger partial charge in [0, 0.05) is 5.69 Å². The molecule has 126 valence electrons. The second-order valence-electron chi connectivity index (χ2n) is 5.85. The Morgan fingerprint density at radius 3 is 2.38 bits per heavy atom. The maximum absolute atomic E-state index is 12.4. The van der Waals surface area contributed by atoms with Gasteiger partial charge in [0.15, 0.2) is 6.10 Å². The molecule has 0 fully saturated rings. The predicted molar refractivity (Wildman–Crippen MR) is 92.8 cm³/mol. The number of carboxylic acids is 1. The van der Waals surface area contributed by atoms with Gasteiger partial charge in [-0.15, -0.1) is 0 Å². The number of amides is 1. The number of carbonyl (C=O) groups is 2. The van der Waals surface area contributed by atoms with Crippen LogP contribution in [0.2, 0.25) is 0 Å². The normalized spacial score (nSPS) is 11.7. The number of rotatable bonds is 5. The third-order valence-electron chi connectivity index (χ3n) is 3.76. The Labute approximate surface area is 141 Å². The molecule has 0 saturated carbocycles. The van der Waals surface area contributed by atoms with Crippen molar-refractivity contribution in [1.82, 2.24) is 0 Å². The smallest absolute Gasteiger partial charge is 0.335 e. The molecule has 0 heterocycles. The number of carbonyl (C=O) groups excluding carboxylic acids is 1. The zero-order chi connectivity index (χ0) is 17.9. The zero-order valence-electron chi connectivity index (χ0n) is 14.2. The van der Waals surface area contributed by atoms with Crippen LogP contribution in [0.3, 0.4) is 0 Å². The second kappa shape index (κ2) is 7.17. The zero-order valence-corrected chi connectivity index (χ0v) is 14.2. The molecule has 2 aromatic rings. The summed E-state index contributed by atoms with van der Waals surface area (Å²) in [6.45, 7) is 7.34. The van der Waals surface area contributed by atoms with E-state index in [1.807, 2.05) is 32.0 Å². The van der Waals surface area contributed by atoms with Gasteiger partial charge < -0.3 is 15.2 Å². The van der Waals surface area contributed by atoms with E-state index in [1.54, 1.807) is 19.9 Å². The molecule has 1 amide bonds. The molecule has 24 heavy (non-hydrogen) atoms. The lowest BCUT2D eigenvalue weighted by molar-refractivity contribution is -0.122. The summed E-state index contributed by atoms with van der Waals surface area (Å²) in [6.07, 6.45) is -0.710. The summed E-state index contributed by atoms with van der Waals surface area (Å²) in [7, 11) is 0. The van der Waals surface area contributed by atoms with E-state index in [0.29, 0.717) is 11.4 Å². The number of hydrogen-bond acceptors (Lipinski definition) is 3. The van der Waals surface area contributed by atoms with E-state index in [1.165, 1.54) is 12.1 Å². The predicted octanol–water partition coefficient (Wildman–Crippen LogP) is 3.72. The molecule has 5 heteroatoms. The Kier molecular flexibility index (Phi) is 5.24. The fraction of sp³-hybridized carbons (Fsp3) is 0.263. The van der Waals surface area contributed by atoms with Crippen molar-refractivity contribution in [3.8, 4) is 5.75 Å². The molecule has 2 N–H and O–H groups in total. The number of aromatic carboxylic acids is 1. The first-order valence-electron chi connectivity index (χ1n) is 7.66. The summed E-state index contributed by atoms with van der Waals surface area (Å²) in [5, 5.41) is 11.8. The largest absolute Gasteiger partial charge is 0.481 e. The molecule has 2 aromatic carbocycles. The highest BCUT2D eigenvalue weighted by Gasteiger charge is 2.17. The number of nitrogens with one attached hydrogen (secondary N) is 1. The van der Waals surface area contributed by atoms with Gasteiger partial charge in [-0.05, 0) is 62.6 Å². The third-order valence-corrected chi connectivity index (χ3v) is 3.76. The summed E-state index contributed by atoms with van der Waals surface area (Å²) < 4.78 is 5.75. The Balaban J connectivity index is 2.13. The van der Waals surface area contributed by atoms with Crippen LogP contribution in [-0.4, -0.2) is 23.1 Å². The Hall–Kier alpha value is -2.82. The lowest BCUT2D eigenvalue weighted by atomic mass is 10.1.